The average Bonchev–Trinajstić information content (AvgIpc) is 3.10. The first kappa shape index (κ1) is 17.0. The minimum absolute atomic E-state index is 0.0830. The van der Waals surface area contributed by atoms with Crippen LogP contribution in [0.4, 0.5) is 5.88 Å². The molecule has 0 saturated carbocycles. The predicted molar refractivity (Wildman–Crippen MR) is 97.8 cm³/mol. The Bertz CT molecular complexity index is 961. The Balaban J connectivity index is 2.00. The van der Waals surface area contributed by atoms with E-state index >= 15 is 0 Å². The van der Waals surface area contributed by atoms with Gasteiger partial charge < -0.3 is 4.52 Å². The number of sulfonamides is 1. The first-order valence-corrected chi connectivity index (χ1v) is 9.19. The van der Waals surface area contributed by atoms with Crippen LogP contribution in [0.5, 0.6) is 0 Å². The van der Waals surface area contributed by atoms with Crippen LogP contribution in [-0.4, -0.2) is 20.1 Å². The van der Waals surface area contributed by atoms with Gasteiger partial charge in [-0.2, -0.15) is 0 Å². The largest absolute Gasteiger partial charge is 0.337 e. The molecular formula is C19H18N2O3S. The van der Waals surface area contributed by atoms with Crippen molar-refractivity contribution in [2.24, 2.45) is 0 Å². The summed E-state index contributed by atoms with van der Waals surface area (Å²) in [5.74, 6) is 0.152. The number of aromatic nitrogens is 1. The normalized spacial score (nSPS) is 11.2. The Morgan fingerprint density at radius 3 is 2.44 bits per heavy atom. The third-order valence-electron chi connectivity index (χ3n) is 3.72. The number of aryl methyl sites for hydroxylation is 1. The van der Waals surface area contributed by atoms with Crippen molar-refractivity contribution in [2.75, 3.05) is 10.8 Å². The lowest BCUT2D eigenvalue weighted by molar-refractivity contribution is 0.428. The standard InChI is InChI=1S/C19H18N2O3S/c1-3-13-21(25(22,23)17-11-9-15(2)10-12-17)19-14-18(20-24-19)16-7-5-4-6-8-16/h3-12,14H,1,13H2,2H3. The van der Waals surface area contributed by atoms with Gasteiger partial charge in [-0.05, 0) is 19.1 Å². The molecule has 0 unspecified atom stereocenters. The molecular weight excluding hydrogens is 336 g/mol. The van der Waals surface area contributed by atoms with Gasteiger partial charge in [0.25, 0.3) is 10.0 Å². The van der Waals surface area contributed by atoms with E-state index in [-0.39, 0.29) is 17.3 Å². The monoisotopic (exact) mass is 354 g/mol. The van der Waals surface area contributed by atoms with Crippen LogP contribution in [0.15, 0.2) is 82.7 Å². The second kappa shape index (κ2) is 6.94. The van der Waals surface area contributed by atoms with Crippen LogP contribution in [-0.2, 0) is 10.0 Å². The van der Waals surface area contributed by atoms with Crippen molar-refractivity contribution in [1.29, 1.82) is 0 Å². The van der Waals surface area contributed by atoms with E-state index in [4.69, 9.17) is 4.52 Å². The SMILES string of the molecule is C=CCN(c1cc(-c2ccccc2)no1)S(=O)(=O)c1ccc(C)cc1. The fraction of sp³-hybridized carbons (Fsp3) is 0.105. The average molecular weight is 354 g/mol. The van der Waals surface area contributed by atoms with Crippen LogP contribution in [0.1, 0.15) is 5.56 Å². The highest BCUT2D eigenvalue weighted by Crippen LogP contribution is 2.28. The molecule has 1 aromatic heterocycles. The summed E-state index contributed by atoms with van der Waals surface area (Å²) in [6, 6.07) is 17.7. The van der Waals surface area contributed by atoms with Gasteiger partial charge in [0.05, 0.1) is 11.4 Å². The maximum Gasteiger partial charge on any atom is 0.266 e. The number of hydrogen-bond acceptors (Lipinski definition) is 4. The molecule has 2 aromatic carbocycles. The maximum absolute atomic E-state index is 13.0. The molecule has 5 nitrogen and oxygen atoms in total. The maximum atomic E-state index is 13.0. The van der Waals surface area contributed by atoms with Gasteiger partial charge in [-0.15, -0.1) is 6.58 Å². The molecule has 0 radical (unpaired) electrons. The summed E-state index contributed by atoms with van der Waals surface area (Å²) in [4.78, 5) is 0.192. The van der Waals surface area contributed by atoms with Crippen LogP contribution in [0.2, 0.25) is 0 Å². The van der Waals surface area contributed by atoms with Crippen molar-refractivity contribution in [2.45, 2.75) is 11.8 Å². The fourth-order valence-corrected chi connectivity index (χ4v) is 3.75. The van der Waals surface area contributed by atoms with E-state index in [0.29, 0.717) is 5.69 Å². The van der Waals surface area contributed by atoms with Crippen LogP contribution in [0.3, 0.4) is 0 Å². The summed E-state index contributed by atoms with van der Waals surface area (Å²) in [6.45, 7) is 5.63. The highest BCUT2D eigenvalue weighted by atomic mass is 32.2. The predicted octanol–water partition coefficient (Wildman–Crippen LogP) is 4.03. The van der Waals surface area contributed by atoms with Crippen molar-refractivity contribution in [3.63, 3.8) is 0 Å². The molecule has 128 valence electrons. The molecule has 0 amide bonds. The van der Waals surface area contributed by atoms with Crippen molar-refractivity contribution >= 4 is 15.9 Å². The lowest BCUT2D eigenvalue weighted by atomic mass is 10.2. The summed E-state index contributed by atoms with van der Waals surface area (Å²) in [5.41, 5.74) is 2.41. The molecule has 0 fully saturated rings. The topological polar surface area (TPSA) is 63.4 Å². The van der Waals surface area contributed by atoms with Gasteiger partial charge in [0.15, 0.2) is 0 Å². The summed E-state index contributed by atoms with van der Waals surface area (Å²) in [7, 11) is -3.77. The van der Waals surface area contributed by atoms with Crippen LogP contribution < -0.4 is 4.31 Å². The highest BCUT2D eigenvalue weighted by molar-refractivity contribution is 7.92. The van der Waals surface area contributed by atoms with E-state index in [9.17, 15) is 8.42 Å². The number of nitrogens with zero attached hydrogens (tertiary/aromatic N) is 2. The second-order valence-corrected chi connectivity index (χ2v) is 7.42. The molecule has 3 rings (SSSR count). The van der Waals surface area contributed by atoms with Gasteiger partial charge in [-0.1, -0.05) is 59.3 Å². The molecule has 0 aliphatic rings. The van der Waals surface area contributed by atoms with E-state index in [0.717, 1.165) is 15.4 Å². The number of hydrogen-bond donors (Lipinski definition) is 0. The van der Waals surface area contributed by atoms with Crippen molar-refractivity contribution in [1.82, 2.24) is 5.16 Å². The van der Waals surface area contributed by atoms with Gasteiger partial charge >= 0.3 is 0 Å². The van der Waals surface area contributed by atoms with E-state index < -0.39 is 10.0 Å². The first-order chi connectivity index (χ1) is 12.0. The summed E-state index contributed by atoms with van der Waals surface area (Å²) in [6.07, 6.45) is 1.51. The molecule has 3 aromatic rings. The molecule has 0 atom stereocenters. The minimum atomic E-state index is -3.77. The molecule has 6 heteroatoms. The Morgan fingerprint density at radius 1 is 1.12 bits per heavy atom. The Kier molecular flexibility index (Phi) is 4.72. The zero-order valence-electron chi connectivity index (χ0n) is 13.8. The van der Waals surface area contributed by atoms with Crippen LogP contribution in [0.25, 0.3) is 11.3 Å². The zero-order valence-corrected chi connectivity index (χ0v) is 14.6. The minimum Gasteiger partial charge on any atom is -0.337 e. The van der Waals surface area contributed by atoms with Crippen LogP contribution >= 0.6 is 0 Å². The summed E-state index contributed by atoms with van der Waals surface area (Å²) < 4.78 is 32.4. The van der Waals surface area contributed by atoms with Crippen LogP contribution in [0, 0.1) is 6.92 Å². The number of rotatable bonds is 6. The second-order valence-electron chi connectivity index (χ2n) is 5.55. The van der Waals surface area contributed by atoms with Gasteiger partial charge in [-0.25, -0.2) is 12.7 Å². The lowest BCUT2D eigenvalue weighted by Gasteiger charge is -2.19. The van der Waals surface area contributed by atoms with Gasteiger partial charge in [0, 0.05) is 11.6 Å². The fourth-order valence-electron chi connectivity index (χ4n) is 2.39. The van der Waals surface area contributed by atoms with E-state index in [1.807, 2.05) is 37.3 Å². The molecule has 0 bridgehead atoms. The summed E-state index contributed by atoms with van der Waals surface area (Å²) in [5, 5.41) is 4.00. The van der Waals surface area contributed by atoms with Crippen molar-refractivity contribution in [3.8, 4) is 11.3 Å². The molecule has 0 N–H and O–H groups in total. The third-order valence-corrected chi connectivity index (χ3v) is 5.49. The van der Waals surface area contributed by atoms with Crippen molar-refractivity contribution < 1.29 is 12.9 Å². The smallest absolute Gasteiger partial charge is 0.266 e. The van der Waals surface area contributed by atoms with Gasteiger partial charge in [0.2, 0.25) is 5.88 Å². The Hall–Kier alpha value is -2.86. The third kappa shape index (κ3) is 3.49. The van der Waals surface area contributed by atoms with E-state index in [2.05, 4.69) is 11.7 Å². The molecule has 1 heterocycles. The lowest BCUT2D eigenvalue weighted by Crippen LogP contribution is -2.30. The first-order valence-electron chi connectivity index (χ1n) is 7.75. The van der Waals surface area contributed by atoms with E-state index in [1.165, 1.54) is 6.08 Å². The Morgan fingerprint density at radius 2 is 1.80 bits per heavy atom. The quantitative estimate of drug-likeness (QED) is 0.627. The summed E-state index contributed by atoms with van der Waals surface area (Å²) >= 11 is 0. The number of benzene rings is 2. The van der Waals surface area contributed by atoms with Gasteiger partial charge in [0.1, 0.15) is 5.69 Å². The molecule has 0 aliphatic carbocycles. The molecule has 0 spiro atoms. The molecule has 0 aliphatic heterocycles. The molecule has 0 saturated heterocycles. The number of anilines is 1. The molecule has 25 heavy (non-hydrogen) atoms. The van der Waals surface area contributed by atoms with Crippen molar-refractivity contribution in [3.05, 3.63) is 78.9 Å². The van der Waals surface area contributed by atoms with Gasteiger partial charge in [-0.3, -0.25) is 0 Å². The Labute approximate surface area is 147 Å². The zero-order chi connectivity index (χ0) is 17.9. The highest BCUT2D eigenvalue weighted by Gasteiger charge is 2.27. The van der Waals surface area contributed by atoms with E-state index in [1.54, 1.807) is 30.3 Å².